The van der Waals surface area contributed by atoms with Crippen molar-refractivity contribution in [2.24, 2.45) is 0 Å². The van der Waals surface area contributed by atoms with Gasteiger partial charge in [-0.1, -0.05) is 6.07 Å². The molecule has 0 aromatic heterocycles. The molecule has 0 saturated heterocycles. The number of hydrogen-bond acceptors (Lipinski definition) is 6. The minimum absolute atomic E-state index is 0.107. The highest BCUT2D eigenvalue weighted by molar-refractivity contribution is 9.10. The van der Waals surface area contributed by atoms with Crippen molar-refractivity contribution in [2.45, 2.75) is 11.4 Å². The van der Waals surface area contributed by atoms with Crippen LogP contribution in [0.2, 0.25) is 0 Å². The van der Waals surface area contributed by atoms with Gasteiger partial charge in [-0.15, -0.1) is 0 Å². The zero-order valence-corrected chi connectivity index (χ0v) is 15.3. The van der Waals surface area contributed by atoms with Gasteiger partial charge < -0.3 is 10.1 Å². The second-order valence-electron chi connectivity index (χ2n) is 5.03. The van der Waals surface area contributed by atoms with Gasteiger partial charge in [-0.25, -0.2) is 8.42 Å². The minimum Gasteiger partial charge on any atom is -0.496 e. The molecule has 128 valence electrons. The first-order valence-corrected chi connectivity index (χ1v) is 9.45. The van der Waals surface area contributed by atoms with Gasteiger partial charge in [0.15, 0.2) is 9.84 Å². The van der Waals surface area contributed by atoms with Crippen LogP contribution in [0.1, 0.15) is 5.56 Å². The second-order valence-corrected chi connectivity index (χ2v) is 7.87. The highest BCUT2D eigenvalue weighted by Gasteiger charge is 2.18. The maximum atomic E-state index is 11.9. The van der Waals surface area contributed by atoms with E-state index in [1.807, 2.05) is 12.1 Å². The molecular weight excluding hydrogens is 400 g/mol. The molecule has 0 heterocycles. The van der Waals surface area contributed by atoms with Gasteiger partial charge in [0.2, 0.25) is 0 Å². The van der Waals surface area contributed by atoms with E-state index < -0.39 is 14.8 Å². The number of non-ortho nitro benzene ring substituents is 1. The van der Waals surface area contributed by atoms with Gasteiger partial charge >= 0.3 is 0 Å². The molecule has 2 aromatic rings. The summed E-state index contributed by atoms with van der Waals surface area (Å²) < 4.78 is 29.7. The predicted molar refractivity (Wildman–Crippen MR) is 94.2 cm³/mol. The van der Waals surface area contributed by atoms with E-state index in [0.29, 0.717) is 18.0 Å². The van der Waals surface area contributed by atoms with Crippen molar-refractivity contribution in [1.82, 2.24) is 0 Å². The van der Waals surface area contributed by atoms with E-state index in [1.54, 1.807) is 13.2 Å². The third kappa shape index (κ3) is 4.24. The Morgan fingerprint density at radius 1 is 1.25 bits per heavy atom. The van der Waals surface area contributed by atoms with Crippen molar-refractivity contribution in [3.8, 4) is 5.75 Å². The van der Waals surface area contributed by atoms with E-state index in [2.05, 4.69) is 21.2 Å². The van der Waals surface area contributed by atoms with Crippen LogP contribution in [-0.2, 0) is 16.4 Å². The fourth-order valence-corrected chi connectivity index (χ4v) is 3.56. The number of nitro benzene ring substituents is 1. The van der Waals surface area contributed by atoms with Crippen molar-refractivity contribution in [3.63, 3.8) is 0 Å². The Kier molecular flexibility index (Phi) is 5.45. The summed E-state index contributed by atoms with van der Waals surface area (Å²) in [5, 5.41) is 13.8. The van der Waals surface area contributed by atoms with E-state index >= 15 is 0 Å². The van der Waals surface area contributed by atoms with E-state index in [9.17, 15) is 18.5 Å². The zero-order chi connectivity index (χ0) is 17.9. The van der Waals surface area contributed by atoms with E-state index in [1.165, 1.54) is 12.1 Å². The fraction of sp³-hybridized carbons (Fsp3) is 0.200. The molecule has 0 amide bonds. The minimum atomic E-state index is -3.61. The summed E-state index contributed by atoms with van der Waals surface area (Å²) in [6, 6.07) is 9.18. The number of halogens is 1. The molecule has 2 rings (SSSR count). The van der Waals surface area contributed by atoms with E-state index in [0.717, 1.165) is 22.4 Å². The fourth-order valence-electron chi connectivity index (χ4n) is 2.09. The summed E-state index contributed by atoms with van der Waals surface area (Å²) in [5.41, 5.74) is 0.934. The van der Waals surface area contributed by atoms with Crippen molar-refractivity contribution in [1.29, 1.82) is 0 Å². The monoisotopic (exact) mass is 414 g/mol. The van der Waals surface area contributed by atoms with Crippen molar-refractivity contribution < 1.29 is 18.1 Å². The van der Waals surface area contributed by atoms with Gasteiger partial charge in [-0.2, -0.15) is 0 Å². The summed E-state index contributed by atoms with van der Waals surface area (Å²) >= 11 is 3.38. The number of rotatable bonds is 6. The SMILES string of the molecule is COc1ccc(CNc2ccc([N+](=O)[O-])cc2S(C)(=O)=O)cc1Br. The molecule has 0 fully saturated rings. The highest BCUT2D eigenvalue weighted by Crippen LogP contribution is 2.28. The number of nitro groups is 1. The van der Waals surface area contributed by atoms with Gasteiger partial charge in [0.1, 0.15) is 5.75 Å². The Hall–Kier alpha value is -2.13. The third-order valence-corrected chi connectivity index (χ3v) is 5.03. The number of hydrogen-bond donors (Lipinski definition) is 1. The molecule has 0 aliphatic rings. The van der Waals surface area contributed by atoms with Gasteiger partial charge in [-0.3, -0.25) is 10.1 Å². The first-order chi connectivity index (χ1) is 11.2. The molecular formula is C15H15BrN2O5S. The molecule has 0 saturated carbocycles. The lowest BCUT2D eigenvalue weighted by Crippen LogP contribution is -2.07. The van der Waals surface area contributed by atoms with Crippen LogP contribution in [0.5, 0.6) is 5.75 Å². The van der Waals surface area contributed by atoms with E-state index in [-0.39, 0.29) is 10.6 Å². The molecule has 0 spiro atoms. The topological polar surface area (TPSA) is 98.5 Å². The van der Waals surface area contributed by atoms with Crippen molar-refractivity contribution >= 4 is 37.1 Å². The zero-order valence-electron chi connectivity index (χ0n) is 12.9. The molecule has 0 unspecified atom stereocenters. The van der Waals surface area contributed by atoms with E-state index in [4.69, 9.17) is 4.74 Å². The lowest BCUT2D eigenvalue weighted by Gasteiger charge is -2.12. The summed E-state index contributed by atoms with van der Waals surface area (Å²) in [6.45, 7) is 0.350. The number of sulfone groups is 1. The molecule has 9 heteroatoms. The molecule has 2 aromatic carbocycles. The van der Waals surface area contributed by atoms with Crippen LogP contribution in [0.25, 0.3) is 0 Å². The third-order valence-electron chi connectivity index (χ3n) is 3.27. The van der Waals surface area contributed by atoms with Crippen molar-refractivity contribution in [3.05, 3.63) is 56.5 Å². The predicted octanol–water partition coefficient (Wildman–Crippen LogP) is 3.38. The molecule has 0 radical (unpaired) electrons. The van der Waals surface area contributed by atoms with Gasteiger partial charge in [-0.05, 0) is 39.7 Å². The molecule has 1 N–H and O–H groups in total. The first-order valence-electron chi connectivity index (χ1n) is 6.77. The normalized spacial score (nSPS) is 11.1. The summed E-state index contributed by atoms with van der Waals surface area (Å²) in [5.74, 6) is 0.686. The van der Waals surface area contributed by atoms with Gasteiger partial charge in [0.05, 0.1) is 27.1 Å². The number of benzene rings is 2. The van der Waals surface area contributed by atoms with Crippen LogP contribution < -0.4 is 10.1 Å². The Morgan fingerprint density at radius 3 is 2.50 bits per heavy atom. The lowest BCUT2D eigenvalue weighted by molar-refractivity contribution is -0.385. The average Bonchev–Trinajstić information content (AvgIpc) is 2.52. The number of nitrogens with one attached hydrogen (secondary N) is 1. The lowest BCUT2D eigenvalue weighted by atomic mass is 10.2. The van der Waals surface area contributed by atoms with Crippen LogP contribution in [0.15, 0.2) is 45.8 Å². The summed E-state index contributed by atoms with van der Waals surface area (Å²) in [6.07, 6.45) is 1.02. The molecule has 0 aliphatic carbocycles. The Bertz CT molecular complexity index is 883. The summed E-state index contributed by atoms with van der Waals surface area (Å²) in [4.78, 5) is 10.1. The smallest absolute Gasteiger partial charge is 0.270 e. The van der Waals surface area contributed by atoms with Crippen LogP contribution >= 0.6 is 15.9 Å². The van der Waals surface area contributed by atoms with Gasteiger partial charge in [0.25, 0.3) is 5.69 Å². The second kappa shape index (κ2) is 7.18. The Labute approximate surface area is 147 Å². The van der Waals surface area contributed by atoms with Crippen molar-refractivity contribution in [2.75, 3.05) is 18.7 Å². The van der Waals surface area contributed by atoms with Gasteiger partial charge in [0, 0.05) is 24.9 Å². The standard InChI is InChI=1S/C15H15BrN2O5S/c1-23-14-6-3-10(7-12(14)16)9-17-13-5-4-11(18(19)20)8-15(13)24(2,21)22/h3-8,17H,9H2,1-2H3. The Balaban J connectivity index is 2.29. The molecule has 0 bridgehead atoms. The average molecular weight is 415 g/mol. The number of ether oxygens (including phenoxy) is 1. The Morgan fingerprint density at radius 2 is 1.96 bits per heavy atom. The number of anilines is 1. The van der Waals surface area contributed by atoms with Crippen LogP contribution in [-0.4, -0.2) is 26.7 Å². The maximum Gasteiger partial charge on any atom is 0.270 e. The van der Waals surface area contributed by atoms with Crippen LogP contribution in [0.4, 0.5) is 11.4 Å². The highest BCUT2D eigenvalue weighted by atomic mass is 79.9. The first kappa shape index (κ1) is 18.2. The maximum absolute atomic E-state index is 11.9. The molecule has 0 atom stereocenters. The molecule has 7 nitrogen and oxygen atoms in total. The molecule has 0 aliphatic heterocycles. The molecule has 24 heavy (non-hydrogen) atoms. The number of methoxy groups -OCH3 is 1. The number of nitrogens with zero attached hydrogens (tertiary/aromatic N) is 1. The van der Waals surface area contributed by atoms with Crippen LogP contribution in [0.3, 0.4) is 0 Å². The summed E-state index contributed by atoms with van der Waals surface area (Å²) in [7, 11) is -2.05. The van der Waals surface area contributed by atoms with Crippen LogP contribution in [0, 0.1) is 10.1 Å². The quantitative estimate of drug-likeness (QED) is 0.574. The largest absolute Gasteiger partial charge is 0.496 e.